The molecule has 1 aliphatic heterocycles. The summed E-state index contributed by atoms with van der Waals surface area (Å²) in [6.45, 7) is 6.86. The second-order valence-corrected chi connectivity index (χ2v) is 6.53. The van der Waals surface area contributed by atoms with Gasteiger partial charge in [0, 0.05) is 20.1 Å². The number of amides is 2. The van der Waals surface area contributed by atoms with E-state index < -0.39 is 0 Å². The predicted molar refractivity (Wildman–Crippen MR) is 109 cm³/mol. The molecule has 0 saturated heterocycles. The van der Waals surface area contributed by atoms with Gasteiger partial charge in [-0.3, -0.25) is 14.5 Å². The molecule has 0 spiro atoms. The fourth-order valence-electron chi connectivity index (χ4n) is 3.29. The summed E-state index contributed by atoms with van der Waals surface area (Å²) < 4.78 is 5.48. The van der Waals surface area contributed by atoms with Crippen LogP contribution in [0, 0.1) is 0 Å². The van der Waals surface area contributed by atoms with Gasteiger partial charge >= 0.3 is 0 Å². The van der Waals surface area contributed by atoms with Gasteiger partial charge in [0.15, 0.2) is 0 Å². The van der Waals surface area contributed by atoms with E-state index >= 15 is 0 Å². The number of hydrogen-bond donors (Lipinski definition) is 0. The number of hydrogen-bond acceptors (Lipinski definition) is 4. The average Bonchev–Trinajstić information content (AvgIpc) is 2.95. The third-order valence-corrected chi connectivity index (χ3v) is 4.55. The van der Waals surface area contributed by atoms with Gasteiger partial charge in [0.25, 0.3) is 11.8 Å². The van der Waals surface area contributed by atoms with Crippen molar-refractivity contribution in [2.75, 3.05) is 20.2 Å². The second kappa shape index (κ2) is 8.57. The van der Waals surface area contributed by atoms with E-state index in [2.05, 4.69) is 6.58 Å². The van der Waals surface area contributed by atoms with Crippen LogP contribution < -0.4 is 4.74 Å². The zero-order chi connectivity index (χ0) is 20.1. The number of carbonyl (C=O) groups is 2. The zero-order valence-corrected chi connectivity index (χ0v) is 16.2. The van der Waals surface area contributed by atoms with Crippen LogP contribution >= 0.6 is 0 Å². The molecule has 0 aromatic heterocycles. The van der Waals surface area contributed by atoms with Gasteiger partial charge in [0.05, 0.1) is 12.2 Å². The third-order valence-electron chi connectivity index (χ3n) is 4.55. The number of ether oxygens (including phenoxy) is 1. The summed E-state index contributed by atoms with van der Waals surface area (Å²) >= 11 is 0. The Morgan fingerprint density at radius 2 is 1.71 bits per heavy atom. The Balaban J connectivity index is 2.01. The van der Waals surface area contributed by atoms with E-state index in [0.29, 0.717) is 30.0 Å². The Labute approximate surface area is 165 Å². The average molecular weight is 376 g/mol. The van der Waals surface area contributed by atoms with Crippen LogP contribution in [0.2, 0.25) is 0 Å². The summed E-state index contributed by atoms with van der Waals surface area (Å²) in [7, 11) is 1.83. The lowest BCUT2D eigenvalue weighted by molar-refractivity contribution is -0.136. The van der Waals surface area contributed by atoms with Crippen molar-refractivity contribution < 1.29 is 14.3 Å². The molecular formula is C23H24N2O3. The number of nitrogens with zero attached hydrogens (tertiary/aromatic N) is 2. The first-order valence-corrected chi connectivity index (χ1v) is 9.26. The topological polar surface area (TPSA) is 49.9 Å². The van der Waals surface area contributed by atoms with Gasteiger partial charge in [-0.1, -0.05) is 48.5 Å². The summed E-state index contributed by atoms with van der Waals surface area (Å²) in [5.74, 6) is 0.127. The summed E-state index contributed by atoms with van der Waals surface area (Å²) in [5, 5.41) is 0. The Hall–Kier alpha value is -3.34. The van der Waals surface area contributed by atoms with Gasteiger partial charge in [-0.15, -0.1) is 6.58 Å². The van der Waals surface area contributed by atoms with Crippen molar-refractivity contribution in [1.82, 2.24) is 9.80 Å². The number of likely N-dealkylation sites (N-methyl/N-ethyl adjacent to an activating group) is 1. The maximum Gasteiger partial charge on any atom is 0.278 e. The standard InChI is InChI=1S/C23H24N2O3/c1-4-15-25-22(26)20(18-11-13-19(14-12-18)28-5-2)21(23(25)27)24(3)16-17-9-7-6-8-10-17/h4,6-14H,1,5,15-16H2,2-3H3. The normalized spacial score (nSPS) is 13.9. The Morgan fingerprint density at radius 1 is 1.04 bits per heavy atom. The highest BCUT2D eigenvalue weighted by Gasteiger charge is 2.40. The molecule has 2 aromatic rings. The molecule has 2 aromatic carbocycles. The lowest BCUT2D eigenvalue weighted by Crippen LogP contribution is -2.34. The molecule has 3 rings (SSSR count). The van der Waals surface area contributed by atoms with Crippen LogP contribution in [0.3, 0.4) is 0 Å². The SMILES string of the molecule is C=CCN1C(=O)C(c2ccc(OCC)cc2)=C(N(C)Cc2ccccc2)C1=O. The summed E-state index contributed by atoms with van der Waals surface area (Å²) in [6.07, 6.45) is 1.56. The minimum atomic E-state index is -0.302. The molecule has 1 heterocycles. The molecule has 0 radical (unpaired) electrons. The molecule has 5 heteroatoms. The molecule has 0 unspecified atom stereocenters. The van der Waals surface area contributed by atoms with Gasteiger partial charge in [-0.25, -0.2) is 0 Å². The highest BCUT2D eigenvalue weighted by molar-refractivity contribution is 6.35. The Bertz CT molecular complexity index is 901. The van der Waals surface area contributed by atoms with Crippen molar-refractivity contribution >= 4 is 17.4 Å². The number of benzene rings is 2. The smallest absolute Gasteiger partial charge is 0.278 e. The molecule has 0 atom stereocenters. The van der Waals surface area contributed by atoms with Gasteiger partial charge in [0.1, 0.15) is 11.4 Å². The van der Waals surface area contributed by atoms with Crippen molar-refractivity contribution in [2.24, 2.45) is 0 Å². The zero-order valence-electron chi connectivity index (χ0n) is 16.2. The molecule has 28 heavy (non-hydrogen) atoms. The number of rotatable bonds is 8. The quantitative estimate of drug-likeness (QED) is 0.523. The van der Waals surface area contributed by atoms with Crippen LogP contribution in [-0.2, 0) is 16.1 Å². The summed E-state index contributed by atoms with van der Waals surface area (Å²) in [6, 6.07) is 17.1. The van der Waals surface area contributed by atoms with E-state index in [1.54, 1.807) is 6.08 Å². The van der Waals surface area contributed by atoms with Crippen molar-refractivity contribution in [3.8, 4) is 5.75 Å². The van der Waals surface area contributed by atoms with Crippen LogP contribution in [0.25, 0.3) is 5.57 Å². The van der Waals surface area contributed by atoms with Crippen LogP contribution in [0.15, 0.2) is 72.9 Å². The van der Waals surface area contributed by atoms with Crippen LogP contribution in [0.1, 0.15) is 18.1 Å². The largest absolute Gasteiger partial charge is 0.494 e. The molecule has 1 aliphatic rings. The molecule has 0 bridgehead atoms. The molecule has 2 amide bonds. The van der Waals surface area contributed by atoms with E-state index in [1.165, 1.54) is 4.90 Å². The minimum Gasteiger partial charge on any atom is -0.494 e. The van der Waals surface area contributed by atoms with Gasteiger partial charge in [-0.2, -0.15) is 0 Å². The van der Waals surface area contributed by atoms with Gasteiger partial charge in [0.2, 0.25) is 0 Å². The van der Waals surface area contributed by atoms with Crippen LogP contribution in [0.5, 0.6) is 5.75 Å². The van der Waals surface area contributed by atoms with Crippen molar-refractivity contribution in [3.63, 3.8) is 0 Å². The maximum atomic E-state index is 13.0. The molecule has 0 fully saturated rings. The first kappa shape index (κ1) is 19.4. The van der Waals surface area contributed by atoms with E-state index in [1.807, 2.05) is 73.5 Å². The maximum absolute atomic E-state index is 13.0. The van der Waals surface area contributed by atoms with E-state index in [-0.39, 0.29) is 18.4 Å². The monoisotopic (exact) mass is 376 g/mol. The van der Waals surface area contributed by atoms with Crippen molar-refractivity contribution in [3.05, 3.63) is 84.1 Å². The lowest BCUT2D eigenvalue weighted by Gasteiger charge is -2.21. The highest BCUT2D eigenvalue weighted by Crippen LogP contribution is 2.32. The molecule has 0 N–H and O–H groups in total. The Morgan fingerprint density at radius 3 is 2.32 bits per heavy atom. The second-order valence-electron chi connectivity index (χ2n) is 6.53. The summed E-state index contributed by atoms with van der Waals surface area (Å²) in [5.41, 5.74) is 2.57. The number of imide groups is 1. The molecule has 0 aliphatic carbocycles. The molecular weight excluding hydrogens is 352 g/mol. The molecule has 0 saturated carbocycles. The van der Waals surface area contributed by atoms with Gasteiger partial charge < -0.3 is 9.64 Å². The van der Waals surface area contributed by atoms with Crippen molar-refractivity contribution in [1.29, 1.82) is 0 Å². The molecule has 5 nitrogen and oxygen atoms in total. The lowest BCUT2D eigenvalue weighted by atomic mass is 10.0. The third kappa shape index (κ3) is 3.83. The highest BCUT2D eigenvalue weighted by atomic mass is 16.5. The fourth-order valence-corrected chi connectivity index (χ4v) is 3.29. The van der Waals surface area contributed by atoms with Crippen LogP contribution in [-0.4, -0.2) is 41.8 Å². The Kier molecular flexibility index (Phi) is 5.94. The van der Waals surface area contributed by atoms with E-state index in [0.717, 1.165) is 11.3 Å². The first-order valence-electron chi connectivity index (χ1n) is 9.26. The van der Waals surface area contributed by atoms with E-state index in [9.17, 15) is 9.59 Å². The predicted octanol–water partition coefficient (Wildman–Crippen LogP) is 3.48. The number of carbonyl (C=O) groups excluding carboxylic acids is 2. The van der Waals surface area contributed by atoms with E-state index in [4.69, 9.17) is 4.74 Å². The molecule has 144 valence electrons. The van der Waals surface area contributed by atoms with Gasteiger partial charge in [-0.05, 0) is 30.2 Å². The summed E-state index contributed by atoms with van der Waals surface area (Å²) in [4.78, 5) is 29.1. The fraction of sp³-hybridized carbons (Fsp3) is 0.217. The minimum absolute atomic E-state index is 0.181. The van der Waals surface area contributed by atoms with Crippen molar-refractivity contribution in [2.45, 2.75) is 13.5 Å². The first-order chi connectivity index (χ1) is 13.6. The van der Waals surface area contributed by atoms with Crippen LogP contribution in [0.4, 0.5) is 0 Å².